The molecule has 1 saturated heterocycles. The number of fused-ring (bicyclic) bond motifs is 1. The zero-order valence-electron chi connectivity index (χ0n) is 17.0. The summed E-state index contributed by atoms with van der Waals surface area (Å²) < 4.78 is 5.57. The molecule has 1 unspecified atom stereocenters. The monoisotopic (exact) mass is 404 g/mol. The Morgan fingerprint density at radius 1 is 1.07 bits per heavy atom. The van der Waals surface area contributed by atoms with Crippen molar-refractivity contribution in [2.45, 2.75) is 12.5 Å². The minimum atomic E-state index is -0.749. The SMILES string of the molecule is CN(C)CCCN1C(=O)C(=O)/C(=C(\O)c2cccc3ccccc23)C1c1ccco1. The van der Waals surface area contributed by atoms with Crippen molar-refractivity contribution >= 4 is 28.2 Å². The van der Waals surface area contributed by atoms with Crippen molar-refractivity contribution in [1.82, 2.24) is 9.80 Å². The van der Waals surface area contributed by atoms with Gasteiger partial charge in [-0.2, -0.15) is 0 Å². The zero-order valence-corrected chi connectivity index (χ0v) is 17.0. The van der Waals surface area contributed by atoms with Gasteiger partial charge in [-0.1, -0.05) is 42.5 Å². The summed E-state index contributed by atoms with van der Waals surface area (Å²) in [6, 6.07) is 15.8. The number of hydrogen-bond donors (Lipinski definition) is 1. The minimum absolute atomic E-state index is 0.0659. The van der Waals surface area contributed by atoms with Crippen molar-refractivity contribution in [2.24, 2.45) is 0 Å². The van der Waals surface area contributed by atoms with Gasteiger partial charge in [0.15, 0.2) is 0 Å². The number of rotatable bonds is 6. The Morgan fingerprint density at radius 3 is 2.57 bits per heavy atom. The van der Waals surface area contributed by atoms with E-state index in [1.165, 1.54) is 11.2 Å². The third kappa shape index (κ3) is 3.50. The predicted molar refractivity (Wildman–Crippen MR) is 115 cm³/mol. The Kier molecular flexibility index (Phi) is 5.42. The summed E-state index contributed by atoms with van der Waals surface area (Å²) in [5.41, 5.74) is 0.590. The van der Waals surface area contributed by atoms with Crippen LogP contribution in [0.3, 0.4) is 0 Å². The van der Waals surface area contributed by atoms with Crippen molar-refractivity contribution in [2.75, 3.05) is 27.2 Å². The molecule has 2 aromatic carbocycles. The average molecular weight is 404 g/mol. The van der Waals surface area contributed by atoms with Gasteiger partial charge in [-0.3, -0.25) is 9.59 Å². The largest absolute Gasteiger partial charge is 0.507 e. The van der Waals surface area contributed by atoms with E-state index in [2.05, 4.69) is 0 Å². The molecule has 1 N–H and O–H groups in total. The molecule has 3 aromatic rings. The molecule has 1 atom stereocenters. The molecular formula is C24H24N2O4. The second-order valence-corrected chi connectivity index (χ2v) is 7.69. The number of hydrogen-bond acceptors (Lipinski definition) is 5. The Morgan fingerprint density at radius 2 is 1.83 bits per heavy atom. The standard InChI is InChI=1S/C24H24N2O4/c1-25(2)13-7-14-26-21(19-12-6-15-30-19)20(23(28)24(26)29)22(27)18-11-5-9-16-8-3-4-10-17(16)18/h3-6,8-12,15,21,27H,7,13-14H2,1-2H3/b22-20-. The molecule has 0 aliphatic carbocycles. The van der Waals surface area contributed by atoms with E-state index in [4.69, 9.17) is 4.42 Å². The Bertz CT molecular complexity index is 1110. The van der Waals surface area contributed by atoms with Gasteiger partial charge >= 0.3 is 0 Å². The number of aliphatic hydroxyl groups excluding tert-OH is 1. The minimum Gasteiger partial charge on any atom is -0.507 e. The molecule has 0 bridgehead atoms. The second kappa shape index (κ2) is 8.16. The summed E-state index contributed by atoms with van der Waals surface area (Å²) in [4.78, 5) is 29.4. The third-order valence-electron chi connectivity index (χ3n) is 5.40. The van der Waals surface area contributed by atoms with Gasteiger partial charge in [0.2, 0.25) is 0 Å². The maximum absolute atomic E-state index is 13.0. The highest BCUT2D eigenvalue weighted by Crippen LogP contribution is 2.40. The third-order valence-corrected chi connectivity index (χ3v) is 5.40. The molecule has 1 amide bonds. The summed E-state index contributed by atoms with van der Waals surface area (Å²) >= 11 is 0. The van der Waals surface area contributed by atoms with Crippen LogP contribution >= 0.6 is 0 Å². The van der Waals surface area contributed by atoms with Crippen LogP contribution in [0.15, 0.2) is 70.9 Å². The van der Waals surface area contributed by atoms with Crippen LogP contribution in [0.2, 0.25) is 0 Å². The fourth-order valence-corrected chi connectivity index (χ4v) is 3.99. The first-order chi connectivity index (χ1) is 14.5. The average Bonchev–Trinajstić information content (AvgIpc) is 3.35. The fourth-order valence-electron chi connectivity index (χ4n) is 3.99. The van der Waals surface area contributed by atoms with Gasteiger partial charge in [0.05, 0.1) is 11.8 Å². The highest BCUT2D eigenvalue weighted by Gasteiger charge is 2.47. The van der Waals surface area contributed by atoms with Gasteiger partial charge in [0.1, 0.15) is 17.6 Å². The van der Waals surface area contributed by atoms with Gasteiger partial charge in [-0.15, -0.1) is 0 Å². The quantitative estimate of drug-likeness (QED) is 0.384. The Hall–Kier alpha value is -3.38. The van der Waals surface area contributed by atoms with E-state index < -0.39 is 17.7 Å². The molecule has 2 heterocycles. The lowest BCUT2D eigenvalue weighted by atomic mass is 9.96. The lowest BCUT2D eigenvalue weighted by Gasteiger charge is -2.24. The summed E-state index contributed by atoms with van der Waals surface area (Å²) in [6.45, 7) is 1.16. The van der Waals surface area contributed by atoms with Crippen LogP contribution in [0.25, 0.3) is 16.5 Å². The number of aliphatic hydroxyl groups is 1. The molecule has 1 aliphatic heterocycles. The Balaban J connectivity index is 1.83. The normalized spacial score (nSPS) is 18.6. The first-order valence-electron chi connectivity index (χ1n) is 9.93. The van der Waals surface area contributed by atoms with Gasteiger partial charge in [0, 0.05) is 12.1 Å². The summed E-state index contributed by atoms with van der Waals surface area (Å²) in [5, 5.41) is 13.0. The molecule has 1 aliphatic rings. The van der Waals surface area contributed by atoms with E-state index in [1.807, 2.05) is 55.4 Å². The van der Waals surface area contributed by atoms with Crippen molar-refractivity contribution in [3.05, 3.63) is 77.8 Å². The number of Topliss-reactive ketones (excluding diaryl/α,β-unsaturated/α-hetero) is 1. The van der Waals surface area contributed by atoms with Crippen molar-refractivity contribution in [3.63, 3.8) is 0 Å². The molecule has 0 saturated carbocycles. The predicted octanol–water partition coefficient (Wildman–Crippen LogP) is 3.81. The van der Waals surface area contributed by atoms with Crippen LogP contribution in [0, 0.1) is 0 Å². The molecule has 4 rings (SSSR count). The molecule has 6 heteroatoms. The summed E-state index contributed by atoms with van der Waals surface area (Å²) in [5.74, 6) is -1.02. The maximum atomic E-state index is 13.0. The highest BCUT2D eigenvalue weighted by atomic mass is 16.3. The van der Waals surface area contributed by atoms with Crippen LogP contribution in [0.5, 0.6) is 0 Å². The van der Waals surface area contributed by atoms with Crippen molar-refractivity contribution in [1.29, 1.82) is 0 Å². The molecule has 0 spiro atoms. The van der Waals surface area contributed by atoms with Gasteiger partial charge < -0.3 is 19.3 Å². The highest BCUT2D eigenvalue weighted by molar-refractivity contribution is 6.46. The lowest BCUT2D eigenvalue weighted by Crippen LogP contribution is -2.32. The molecule has 6 nitrogen and oxygen atoms in total. The van der Waals surface area contributed by atoms with Gasteiger partial charge in [0.25, 0.3) is 11.7 Å². The van der Waals surface area contributed by atoms with Crippen LogP contribution < -0.4 is 0 Å². The topological polar surface area (TPSA) is 74.0 Å². The first-order valence-corrected chi connectivity index (χ1v) is 9.93. The van der Waals surface area contributed by atoms with Gasteiger partial charge in [-0.25, -0.2) is 0 Å². The second-order valence-electron chi connectivity index (χ2n) is 7.69. The molecular weight excluding hydrogens is 380 g/mol. The molecule has 1 fully saturated rings. The molecule has 154 valence electrons. The smallest absolute Gasteiger partial charge is 0.295 e. The van der Waals surface area contributed by atoms with Crippen LogP contribution in [-0.4, -0.2) is 53.8 Å². The number of nitrogens with zero attached hydrogens (tertiary/aromatic N) is 2. The lowest BCUT2D eigenvalue weighted by molar-refractivity contribution is -0.140. The number of carbonyl (C=O) groups is 2. The van der Waals surface area contributed by atoms with E-state index in [9.17, 15) is 14.7 Å². The van der Waals surface area contributed by atoms with E-state index in [1.54, 1.807) is 18.2 Å². The fraction of sp³-hybridized carbons (Fsp3) is 0.250. The van der Waals surface area contributed by atoms with Crippen LogP contribution in [0.4, 0.5) is 0 Å². The number of ketones is 1. The van der Waals surface area contributed by atoms with E-state index in [0.29, 0.717) is 24.3 Å². The zero-order chi connectivity index (χ0) is 21.3. The van der Waals surface area contributed by atoms with Gasteiger partial charge in [-0.05, 0) is 50.0 Å². The van der Waals surface area contributed by atoms with E-state index in [0.717, 1.165) is 17.3 Å². The Labute approximate surface area is 175 Å². The van der Waals surface area contributed by atoms with Crippen molar-refractivity contribution < 1.29 is 19.1 Å². The number of carbonyl (C=O) groups excluding carboxylic acids is 2. The summed E-state index contributed by atoms with van der Waals surface area (Å²) in [7, 11) is 3.91. The maximum Gasteiger partial charge on any atom is 0.295 e. The van der Waals surface area contributed by atoms with Crippen LogP contribution in [-0.2, 0) is 9.59 Å². The molecule has 1 aromatic heterocycles. The van der Waals surface area contributed by atoms with E-state index >= 15 is 0 Å². The van der Waals surface area contributed by atoms with Crippen molar-refractivity contribution in [3.8, 4) is 0 Å². The molecule has 30 heavy (non-hydrogen) atoms. The number of likely N-dealkylation sites (tertiary alicyclic amines) is 1. The first kappa shape index (κ1) is 19.9. The number of benzene rings is 2. The van der Waals surface area contributed by atoms with E-state index in [-0.39, 0.29) is 11.3 Å². The molecule has 0 radical (unpaired) electrons. The number of furan rings is 1. The van der Waals surface area contributed by atoms with Crippen LogP contribution in [0.1, 0.15) is 23.8 Å². The number of amides is 1. The summed E-state index contributed by atoms with van der Waals surface area (Å²) in [6.07, 6.45) is 2.21.